The summed E-state index contributed by atoms with van der Waals surface area (Å²) < 4.78 is 0. The predicted octanol–water partition coefficient (Wildman–Crippen LogP) is 4.87. The molecule has 0 heterocycles. The molecule has 0 aliphatic heterocycles. The lowest BCUT2D eigenvalue weighted by atomic mass is 9.39. The molecule has 0 aromatic carbocycles. The van der Waals surface area contributed by atoms with Gasteiger partial charge in [-0.2, -0.15) is 0 Å². The quantitative estimate of drug-likeness (QED) is 0.622. The van der Waals surface area contributed by atoms with Crippen LogP contribution in [0, 0.1) is 45.8 Å². The van der Waals surface area contributed by atoms with Crippen LogP contribution < -0.4 is 0 Å². The second-order valence-electron chi connectivity index (χ2n) is 11.7. The SMILES string of the molecule is CCC[C@@H](C)[C@H]1CCC2C3C[C@H](O)C4(C(=O)O)C[C@H](O)CC[C@]4(C)C3CC[C@@]21C. The van der Waals surface area contributed by atoms with Crippen molar-refractivity contribution in [2.24, 2.45) is 45.8 Å². The van der Waals surface area contributed by atoms with E-state index in [0.29, 0.717) is 36.0 Å². The van der Waals surface area contributed by atoms with Gasteiger partial charge in [-0.15, -0.1) is 0 Å². The number of hydrogen-bond acceptors (Lipinski definition) is 3. The highest BCUT2D eigenvalue weighted by molar-refractivity contribution is 5.77. The minimum Gasteiger partial charge on any atom is -0.481 e. The second kappa shape index (κ2) is 7.22. The molecule has 0 saturated heterocycles. The Labute approximate surface area is 176 Å². The van der Waals surface area contributed by atoms with Crippen molar-refractivity contribution in [2.75, 3.05) is 0 Å². The van der Waals surface area contributed by atoms with Crippen LogP contribution in [0.4, 0.5) is 0 Å². The van der Waals surface area contributed by atoms with Gasteiger partial charge in [-0.05, 0) is 91.8 Å². The van der Waals surface area contributed by atoms with Crippen LogP contribution in [0.3, 0.4) is 0 Å². The Kier molecular flexibility index (Phi) is 5.38. The summed E-state index contributed by atoms with van der Waals surface area (Å²) in [5.74, 6) is 2.01. The first-order valence-corrected chi connectivity index (χ1v) is 12.2. The van der Waals surface area contributed by atoms with Gasteiger partial charge in [0, 0.05) is 0 Å². The van der Waals surface area contributed by atoms with Crippen LogP contribution in [0.5, 0.6) is 0 Å². The third kappa shape index (κ3) is 2.80. The largest absolute Gasteiger partial charge is 0.481 e. The minimum absolute atomic E-state index is 0.210. The van der Waals surface area contributed by atoms with Crippen LogP contribution in [0.25, 0.3) is 0 Å². The maximum Gasteiger partial charge on any atom is 0.312 e. The van der Waals surface area contributed by atoms with Crippen LogP contribution in [0.2, 0.25) is 0 Å². The number of aliphatic carboxylic acids is 1. The van der Waals surface area contributed by atoms with Gasteiger partial charge in [0.2, 0.25) is 0 Å². The molecule has 4 fully saturated rings. The molecule has 0 aromatic heterocycles. The van der Waals surface area contributed by atoms with Crippen LogP contribution in [-0.2, 0) is 4.79 Å². The van der Waals surface area contributed by atoms with E-state index < -0.39 is 29.0 Å². The molecule has 4 heteroatoms. The Balaban J connectivity index is 1.69. The fourth-order valence-corrected chi connectivity index (χ4v) is 9.40. The summed E-state index contributed by atoms with van der Waals surface area (Å²) in [6, 6.07) is 0. The average Bonchev–Trinajstić information content (AvgIpc) is 3.01. The van der Waals surface area contributed by atoms with Crippen molar-refractivity contribution in [3.05, 3.63) is 0 Å². The molecule has 4 nitrogen and oxygen atoms in total. The fraction of sp³-hybridized carbons (Fsp3) is 0.960. The van der Waals surface area contributed by atoms with E-state index in [1.165, 1.54) is 32.1 Å². The smallest absolute Gasteiger partial charge is 0.312 e. The van der Waals surface area contributed by atoms with Crippen LogP contribution in [0.15, 0.2) is 0 Å². The molecule has 4 aliphatic carbocycles. The van der Waals surface area contributed by atoms with Crippen molar-refractivity contribution < 1.29 is 20.1 Å². The standard InChI is InChI=1S/C25H42O4/c1-5-6-15(2)18-7-8-19-17-13-21(27)25(22(28)29)14-16(26)9-12-24(25,4)20(17)10-11-23(18,19)3/h15-21,26-27H,5-14H2,1-4H3,(H,28,29)/t15-,16-,17?,18-,19?,20?,21+,23-,24-,25?/m1/s1. The van der Waals surface area contributed by atoms with Crippen LogP contribution >= 0.6 is 0 Å². The Morgan fingerprint density at radius 3 is 2.45 bits per heavy atom. The minimum atomic E-state index is -1.19. The number of carbonyl (C=O) groups is 1. The van der Waals surface area contributed by atoms with E-state index in [1.54, 1.807) is 0 Å². The number of rotatable bonds is 4. The third-order valence-electron chi connectivity index (χ3n) is 10.8. The highest BCUT2D eigenvalue weighted by atomic mass is 16.4. The fourth-order valence-electron chi connectivity index (χ4n) is 9.40. The maximum atomic E-state index is 12.6. The third-order valence-corrected chi connectivity index (χ3v) is 10.8. The first-order chi connectivity index (χ1) is 13.6. The molecule has 0 aromatic rings. The Bertz CT molecular complexity index is 649. The molecule has 0 amide bonds. The van der Waals surface area contributed by atoms with Gasteiger partial charge in [0.1, 0.15) is 5.41 Å². The van der Waals surface area contributed by atoms with Crippen molar-refractivity contribution in [3.63, 3.8) is 0 Å². The van der Waals surface area contributed by atoms with Gasteiger partial charge >= 0.3 is 5.97 Å². The van der Waals surface area contributed by atoms with Crippen LogP contribution in [-0.4, -0.2) is 33.5 Å². The molecular formula is C25H42O4. The number of carboxylic acids is 1. The molecule has 166 valence electrons. The monoisotopic (exact) mass is 406 g/mol. The lowest BCUT2D eigenvalue weighted by Crippen LogP contribution is -2.67. The molecular weight excluding hydrogens is 364 g/mol. The molecule has 10 atom stereocenters. The summed E-state index contributed by atoms with van der Waals surface area (Å²) in [5.41, 5.74) is -1.27. The Morgan fingerprint density at radius 2 is 1.79 bits per heavy atom. The molecule has 29 heavy (non-hydrogen) atoms. The molecule has 3 N–H and O–H groups in total. The number of aliphatic hydroxyl groups excluding tert-OH is 2. The summed E-state index contributed by atoms with van der Waals surface area (Å²) in [4.78, 5) is 12.6. The first kappa shape index (κ1) is 21.6. The van der Waals surface area contributed by atoms with E-state index >= 15 is 0 Å². The van der Waals surface area contributed by atoms with E-state index in [1.807, 2.05) is 0 Å². The maximum absolute atomic E-state index is 12.6. The van der Waals surface area contributed by atoms with E-state index in [-0.39, 0.29) is 6.42 Å². The number of aliphatic hydroxyl groups is 2. The van der Waals surface area contributed by atoms with Gasteiger partial charge in [-0.3, -0.25) is 4.79 Å². The zero-order valence-electron chi connectivity index (χ0n) is 18.9. The molecule has 4 unspecified atom stereocenters. The van der Waals surface area contributed by atoms with Crippen molar-refractivity contribution >= 4 is 5.97 Å². The van der Waals surface area contributed by atoms with Gasteiger partial charge in [0.15, 0.2) is 0 Å². The van der Waals surface area contributed by atoms with Gasteiger partial charge < -0.3 is 15.3 Å². The molecule has 4 rings (SSSR count). The Hall–Kier alpha value is -0.610. The lowest BCUT2D eigenvalue weighted by molar-refractivity contribution is -0.234. The van der Waals surface area contributed by atoms with E-state index in [4.69, 9.17) is 0 Å². The zero-order valence-corrected chi connectivity index (χ0v) is 18.9. The van der Waals surface area contributed by atoms with Crippen molar-refractivity contribution in [1.82, 2.24) is 0 Å². The lowest BCUT2D eigenvalue weighted by Gasteiger charge is -2.65. The van der Waals surface area contributed by atoms with Gasteiger partial charge in [0.25, 0.3) is 0 Å². The average molecular weight is 407 g/mol. The van der Waals surface area contributed by atoms with Gasteiger partial charge in [0.05, 0.1) is 12.2 Å². The van der Waals surface area contributed by atoms with Crippen molar-refractivity contribution in [3.8, 4) is 0 Å². The van der Waals surface area contributed by atoms with Gasteiger partial charge in [-0.25, -0.2) is 0 Å². The Morgan fingerprint density at radius 1 is 1.07 bits per heavy atom. The summed E-state index contributed by atoms with van der Waals surface area (Å²) in [6.45, 7) is 9.37. The number of hydrogen-bond donors (Lipinski definition) is 3. The normalized spacial score (nSPS) is 52.9. The highest BCUT2D eigenvalue weighted by Crippen LogP contribution is 2.71. The molecule has 0 spiro atoms. The molecule has 0 bridgehead atoms. The first-order valence-electron chi connectivity index (χ1n) is 12.2. The number of fused-ring (bicyclic) bond motifs is 5. The van der Waals surface area contributed by atoms with Crippen molar-refractivity contribution in [1.29, 1.82) is 0 Å². The topological polar surface area (TPSA) is 77.8 Å². The summed E-state index contributed by atoms with van der Waals surface area (Å²) in [6.07, 6.45) is 8.09. The van der Waals surface area contributed by atoms with E-state index in [9.17, 15) is 20.1 Å². The van der Waals surface area contributed by atoms with Crippen LogP contribution in [0.1, 0.15) is 91.9 Å². The zero-order chi connectivity index (χ0) is 21.2. The molecule has 0 radical (unpaired) electrons. The van der Waals surface area contributed by atoms with E-state index in [2.05, 4.69) is 27.7 Å². The molecule has 4 saturated carbocycles. The number of carboxylic acid groups (broad SMARTS) is 1. The summed E-state index contributed by atoms with van der Waals surface area (Å²) in [5, 5.41) is 32.0. The highest BCUT2D eigenvalue weighted by Gasteiger charge is 2.70. The summed E-state index contributed by atoms with van der Waals surface area (Å²) in [7, 11) is 0. The molecule has 4 aliphatic rings. The van der Waals surface area contributed by atoms with Crippen molar-refractivity contribution in [2.45, 2.75) is 104 Å². The van der Waals surface area contributed by atoms with E-state index in [0.717, 1.165) is 24.7 Å². The second-order valence-corrected chi connectivity index (χ2v) is 11.7. The predicted molar refractivity (Wildman–Crippen MR) is 113 cm³/mol. The van der Waals surface area contributed by atoms with Gasteiger partial charge in [-0.1, -0.05) is 40.5 Å². The summed E-state index contributed by atoms with van der Waals surface area (Å²) >= 11 is 0.